The van der Waals surface area contributed by atoms with Crippen LogP contribution in [0.4, 0.5) is 5.82 Å². The van der Waals surface area contributed by atoms with Crippen molar-refractivity contribution in [2.75, 3.05) is 18.6 Å². The first-order valence-corrected chi connectivity index (χ1v) is 8.71. The zero-order valence-corrected chi connectivity index (χ0v) is 13.5. The minimum absolute atomic E-state index is 0.897. The third-order valence-corrected chi connectivity index (χ3v) is 5.38. The number of hydrogen-bond donors (Lipinski definition) is 1. The van der Waals surface area contributed by atoms with Gasteiger partial charge < -0.3 is 5.32 Å². The molecule has 0 radical (unpaired) electrons. The number of nitrogens with zero attached hydrogens (tertiary/aromatic N) is 4. The van der Waals surface area contributed by atoms with Crippen molar-refractivity contribution >= 4 is 40.7 Å². The van der Waals surface area contributed by atoms with Crippen LogP contribution in [0.3, 0.4) is 0 Å². The fraction of sp³-hybridized carbons (Fsp3) is 0.455. The van der Waals surface area contributed by atoms with Crippen molar-refractivity contribution in [2.24, 2.45) is 0 Å². The van der Waals surface area contributed by atoms with Crippen LogP contribution in [0, 0.1) is 0 Å². The van der Waals surface area contributed by atoms with E-state index in [-0.39, 0.29) is 0 Å². The van der Waals surface area contributed by atoms with Crippen molar-refractivity contribution in [3.8, 4) is 0 Å². The molecule has 0 amide bonds. The quantitative estimate of drug-likeness (QED) is 0.649. The van der Waals surface area contributed by atoms with Crippen molar-refractivity contribution in [2.45, 2.75) is 33.5 Å². The molecule has 0 spiro atoms. The van der Waals surface area contributed by atoms with Crippen LogP contribution >= 0.6 is 34.9 Å². The van der Waals surface area contributed by atoms with Gasteiger partial charge in [0.1, 0.15) is 17.2 Å². The predicted molar refractivity (Wildman–Crippen MR) is 81.4 cm³/mol. The third kappa shape index (κ3) is 3.58. The molecule has 2 aromatic heterocycles. The fourth-order valence-electron chi connectivity index (χ4n) is 1.58. The number of anilines is 1. The van der Waals surface area contributed by atoms with Gasteiger partial charge in [0.15, 0.2) is 8.68 Å². The molecule has 0 saturated carbocycles. The van der Waals surface area contributed by atoms with Crippen LogP contribution in [0.15, 0.2) is 20.0 Å². The average molecular weight is 313 g/mol. The molecule has 0 aliphatic carbocycles. The Kier molecular flexibility index (Phi) is 5.41. The van der Waals surface area contributed by atoms with Gasteiger partial charge in [-0.3, -0.25) is 0 Å². The summed E-state index contributed by atoms with van der Waals surface area (Å²) in [5, 5.41) is 12.4. The Morgan fingerprint density at radius 3 is 2.68 bits per heavy atom. The summed E-state index contributed by atoms with van der Waals surface area (Å²) in [6.45, 7) is 2.15. The lowest BCUT2D eigenvalue weighted by molar-refractivity contribution is 0.857. The molecule has 102 valence electrons. The lowest BCUT2D eigenvalue weighted by Gasteiger charge is -2.10. The molecule has 2 heterocycles. The maximum absolute atomic E-state index is 4.38. The highest BCUT2D eigenvalue weighted by molar-refractivity contribution is 8.03. The molecule has 0 bridgehead atoms. The van der Waals surface area contributed by atoms with Gasteiger partial charge in [-0.25, -0.2) is 9.97 Å². The van der Waals surface area contributed by atoms with Gasteiger partial charge in [0.25, 0.3) is 0 Å². The largest absolute Gasteiger partial charge is 0.373 e. The highest BCUT2D eigenvalue weighted by atomic mass is 32.2. The molecule has 8 heteroatoms. The zero-order chi connectivity index (χ0) is 13.7. The standard InChI is InChI=1S/C11H15N5S3/c1-4-5-7-8(12-2)13-6-14-9(7)18-11-16-15-10(17-3)19-11/h6H,4-5H2,1-3H3,(H,12,13,14). The number of thioether (sulfide) groups is 1. The summed E-state index contributed by atoms with van der Waals surface area (Å²) in [4.78, 5) is 8.65. The number of hydrogen-bond acceptors (Lipinski definition) is 8. The summed E-state index contributed by atoms with van der Waals surface area (Å²) in [7, 11) is 1.88. The smallest absolute Gasteiger partial charge is 0.181 e. The van der Waals surface area contributed by atoms with Gasteiger partial charge in [-0.2, -0.15) is 0 Å². The maximum atomic E-state index is 4.38. The lowest BCUT2D eigenvalue weighted by atomic mass is 10.2. The molecule has 2 aromatic rings. The first kappa shape index (κ1) is 14.5. The second-order valence-electron chi connectivity index (χ2n) is 3.65. The first-order chi connectivity index (χ1) is 9.28. The van der Waals surface area contributed by atoms with Crippen LogP contribution < -0.4 is 5.32 Å². The molecule has 5 nitrogen and oxygen atoms in total. The molecule has 0 fully saturated rings. The highest BCUT2D eigenvalue weighted by Crippen LogP contribution is 2.35. The Bertz CT molecular complexity index is 543. The molecule has 19 heavy (non-hydrogen) atoms. The second-order valence-corrected chi connectivity index (χ2v) is 6.91. The molecule has 0 unspecified atom stereocenters. The van der Waals surface area contributed by atoms with Crippen LogP contribution in [0.2, 0.25) is 0 Å². The molecule has 2 rings (SSSR count). The Morgan fingerprint density at radius 2 is 2.05 bits per heavy atom. The summed E-state index contributed by atoms with van der Waals surface area (Å²) in [6.07, 6.45) is 5.60. The molecule has 0 atom stereocenters. The topological polar surface area (TPSA) is 63.6 Å². The Balaban J connectivity index is 2.27. The normalized spacial score (nSPS) is 10.7. The maximum Gasteiger partial charge on any atom is 0.181 e. The van der Waals surface area contributed by atoms with Gasteiger partial charge in [-0.15, -0.1) is 10.2 Å². The summed E-state index contributed by atoms with van der Waals surface area (Å²) in [6, 6.07) is 0. The van der Waals surface area contributed by atoms with Crippen LogP contribution in [0.5, 0.6) is 0 Å². The molecule has 0 aliphatic heterocycles. The second kappa shape index (κ2) is 7.06. The summed E-state index contributed by atoms with van der Waals surface area (Å²) in [5.41, 5.74) is 1.15. The highest BCUT2D eigenvalue weighted by Gasteiger charge is 2.13. The number of aromatic nitrogens is 4. The summed E-state index contributed by atoms with van der Waals surface area (Å²) < 4.78 is 1.89. The Hall–Kier alpha value is -0.860. The van der Waals surface area contributed by atoms with Crippen molar-refractivity contribution in [3.05, 3.63) is 11.9 Å². The van der Waals surface area contributed by atoms with Gasteiger partial charge in [-0.1, -0.05) is 36.4 Å². The van der Waals surface area contributed by atoms with E-state index in [1.54, 1.807) is 41.2 Å². The molecule has 0 aromatic carbocycles. The lowest BCUT2D eigenvalue weighted by Crippen LogP contribution is -2.02. The van der Waals surface area contributed by atoms with Gasteiger partial charge in [0.05, 0.1) is 0 Å². The van der Waals surface area contributed by atoms with Crippen LogP contribution in [0.1, 0.15) is 18.9 Å². The Morgan fingerprint density at radius 1 is 1.26 bits per heavy atom. The summed E-state index contributed by atoms with van der Waals surface area (Å²) >= 11 is 4.76. The van der Waals surface area contributed by atoms with E-state index in [1.807, 2.05) is 13.3 Å². The molecule has 1 N–H and O–H groups in total. The molecular weight excluding hydrogens is 298 g/mol. The SMILES string of the molecule is CCCc1c(NC)ncnc1Sc1nnc(SC)s1. The van der Waals surface area contributed by atoms with E-state index in [0.29, 0.717) is 0 Å². The zero-order valence-electron chi connectivity index (χ0n) is 11.0. The van der Waals surface area contributed by atoms with Gasteiger partial charge in [0, 0.05) is 12.6 Å². The summed E-state index contributed by atoms with van der Waals surface area (Å²) in [5.74, 6) is 0.897. The van der Waals surface area contributed by atoms with Crippen LogP contribution in [0.25, 0.3) is 0 Å². The molecule has 0 aliphatic rings. The van der Waals surface area contributed by atoms with Crippen LogP contribution in [-0.4, -0.2) is 33.5 Å². The minimum atomic E-state index is 0.897. The van der Waals surface area contributed by atoms with Gasteiger partial charge >= 0.3 is 0 Å². The van der Waals surface area contributed by atoms with E-state index >= 15 is 0 Å². The number of rotatable bonds is 6. The van der Waals surface area contributed by atoms with Crippen molar-refractivity contribution in [1.29, 1.82) is 0 Å². The van der Waals surface area contributed by atoms with E-state index < -0.39 is 0 Å². The molecular formula is C11H15N5S3. The van der Waals surface area contributed by atoms with Crippen molar-refractivity contribution < 1.29 is 0 Å². The van der Waals surface area contributed by atoms with Gasteiger partial charge in [-0.05, 0) is 24.4 Å². The van der Waals surface area contributed by atoms with E-state index in [2.05, 4.69) is 32.4 Å². The Labute approximate surface area is 125 Å². The first-order valence-electron chi connectivity index (χ1n) is 5.85. The van der Waals surface area contributed by atoms with Crippen molar-refractivity contribution in [3.63, 3.8) is 0 Å². The number of nitrogens with one attached hydrogen (secondary N) is 1. The monoisotopic (exact) mass is 313 g/mol. The minimum Gasteiger partial charge on any atom is -0.373 e. The van der Waals surface area contributed by atoms with Crippen LogP contribution in [-0.2, 0) is 6.42 Å². The third-order valence-electron chi connectivity index (χ3n) is 2.39. The fourth-order valence-corrected chi connectivity index (χ4v) is 4.05. The molecule has 0 saturated heterocycles. The predicted octanol–water partition coefficient (Wildman–Crippen LogP) is 3.20. The van der Waals surface area contributed by atoms with E-state index in [4.69, 9.17) is 0 Å². The van der Waals surface area contributed by atoms with Gasteiger partial charge in [0.2, 0.25) is 0 Å². The van der Waals surface area contributed by atoms with Crippen molar-refractivity contribution in [1.82, 2.24) is 20.2 Å². The van der Waals surface area contributed by atoms with E-state index in [9.17, 15) is 0 Å². The average Bonchev–Trinajstić information content (AvgIpc) is 2.88. The van der Waals surface area contributed by atoms with E-state index in [0.717, 1.165) is 37.9 Å². The van der Waals surface area contributed by atoms with E-state index in [1.165, 1.54) is 0 Å².